The number of nitrogens with zero attached hydrogens (tertiary/aromatic N) is 6. The van der Waals surface area contributed by atoms with Crippen molar-refractivity contribution in [3.63, 3.8) is 0 Å². The minimum absolute atomic E-state index is 0.231. The van der Waals surface area contributed by atoms with Gasteiger partial charge in [-0.1, -0.05) is 4.48 Å². The lowest BCUT2D eigenvalue weighted by atomic mass is 10.2. The Kier molecular flexibility index (Phi) is 2.68. The van der Waals surface area contributed by atoms with Gasteiger partial charge in [-0.3, -0.25) is 4.68 Å². The SMILES string of the molecule is N#CCCn1cc(-c2ncnc3c2ccn3F)cn1. The fourth-order valence-corrected chi connectivity index (χ4v) is 1.92. The van der Waals surface area contributed by atoms with Gasteiger partial charge in [0.2, 0.25) is 0 Å². The van der Waals surface area contributed by atoms with Crippen LogP contribution in [0.5, 0.6) is 0 Å². The molecule has 7 heteroatoms. The van der Waals surface area contributed by atoms with Crippen LogP contribution < -0.4 is 0 Å². The molecule has 0 N–H and O–H groups in total. The smallest absolute Gasteiger partial charge is 0.173 e. The van der Waals surface area contributed by atoms with Crippen LogP contribution in [0.2, 0.25) is 0 Å². The number of nitriles is 1. The minimum Gasteiger partial charge on any atom is -0.271 e. The summed E-state index contributed by atoms with van der Waals surface area (Å²) in [6.45, 7) is 0.523. The molecule has 0 fully saturated rings. The number of hydrogen-bond donors (Lipinski definition) is 0. The topological polar surface area (TPSA) is 72.3 Å². The molecule has 0 spiro atoms. The van der Waals surface area contributed by atoms with Crippen LogP contribution in [0, 0.1) is 11.3 Å². The molecule has 0 saturated heterocycles. The highest BCUT2D eigenvalue weighted by Gasteiger charge is 2.11. The maximum atomic E-state index is 13.4. The minimum atomic E-state index is 0.231. The zero-order chi connectivity index (χ0) is 13.2. The first kappa shape index (κ1) is 11.3. The van der Waals surface area contributed by atoms with E-state index in [2.05, 4.69) is 21.1 Å². The van der Waals surface area contributed by atoms with Gasteiger partial charge in [-0.25, -0.2) is 9.97 Å². The molecule has 3 rings (SSSR count). The summed E-state index contributed by atoms with van der Waals surface area (Å²) in [7, 11) is 0. The molecule has 0 saturated carbocycles. The summed E-state index contributed by atoms with van der Waals surface area (Å²) in [6.07, 6.45) is 6.44. The lowest BCUT2D eigenvalue weighted by Crippen LogP contribution is -1.96. The number of hydrogen-bond acceptors (Lipinski definition) is 4. The highest BCUT2D eigenvalue weighted by molar-refractivity contribution is 5.90. The molecule has 0 unspecified atom stereocenters. The molecule has 0 aromatic carbocycles. The van der Waals surface area contributed by atoms with E-state index >= 15 is 0 Å². The fourth-order valence-electron chi connectivity index (χ4n) is 1.92. The second-order valence-corrected chi connectivity index (χ2v) is 3.99. The molecule has 0 radical (unpaired) electrons. The molecular weight excluding hydrogens is 247 g/mol. The number of aryl methyl sites for hydroxylation is 1. The van der Waals surface area contributed by atoms with Crippen molar-refractivity contribution < 1.29 is 4.48 Å². The normalized spacial score (nSPS) is 10.7. The van der Waals surface area contributed by atoms with Gasteiger partial charge in [-0.15, -0.1) is 0 Å². The summed E-state index contributed by atoms with van der Waals surface area (Å²) in [6, 6.07) is 3.68. The van der Waals surface area contributed by atoms with Crippen molar-refractivity contribution in [2.45, 2.75) is 13.0 Å². The van der Waals surface area contributed by atoms with Crippen molar-refractivity contribution in [2.75, 3.05) is 0 Å². The van der Waals surface area contributed by atoms with Gasteiger partial charge >= 0.3 is 0 Å². The molecule has 0 amide bonds. The Labute approximate surface area is 107 Å². The molecule has 0 aliphatic carbocycles. The zero-order valence-corrected chi connectivity index (χ0v) is 9.86. The quantitative estimate of drug-likeness (QED) is 0.717. The van der Waals surface area contributed by atoms with Gasteiger partial charge in [-0.2, -0.15) is 15.1 Å². The van der Waals surface area contributed by atoms with Crippen LogP contribution in [0.15, 0.2) is 31.0 Å². The summed E-state index contributed by atoms with van der Waals surface area (Å²) in [4.78, 5) is 8.52. The summed E-state index contributed by atoms with van der Waals surface area (Å²) in [5, 5.41) is 13.3. The highest BCUT2D eigenvalue weighted by Crippen LogP contribution is 2.25. The summed E-state index contributed by atoms with van der Waals surface area (Å²) < 4.78 is 15.0. The highest BCUT2D eigenvalue weighted by atomic mass is 19.2. The van der Waals surface area contributed by atoms with Crippen molar-refractivity contribution >= 4 is 11.0 Å². The Hall–Kier alpha value is -2.75. The number of fused-ring (bicyclic) bond motifs is 1. The van der Waals surface area contributed by atoms with Gasteiger partial charge in [0, 0.05) is 23.3 Å². The summed E-state index contributed by atoms with van der Waals surface area (Å²) in [5.41, 5.74) is 1.64. The van der Waals surface area contributed by atoms with Crippen LogP contribution in [0.25, 0.3) is 22.3 Å². The molecular formula is C12H9FN6. The molecule has 19 heavy (non-hydrogen) atoms. The Morgan fingerprint density at radius 1 is 1.37 bits per heavy atom. The molecule has 3 aromatic rings. The molecule has 94 valence electrons. The van der Waals surface area contributed by atoms with Crippen LogP contribution >= 0.6 is 0 Å². The lowest BCUT2D eigenvalue weighted by Gasteiger charge is -1.98. The first-order chi connectivity index (χ1) is 9.29. The molecule has 0 atom stereocenters. The maximum absolute atomic E-state index is 13.4. The van der Waals surface area contributed by atoms with Crippen molar-refractivity contribution in [1.82, 2.24) is 24.5 Å². The molecule has 3 aromatic heterocycles. The monoisotopic (exact) mass is 256 g/mol. The van der Waals surface area contributed by atoms with Crippen LogP contribution in [0.3, 0.4) is 0 Å². The second kappa shape index (κ2) is 4.49. The predicted octanol–water partition coefficient (Wildman–Crippen LogP) is 1.94. The average Bonchev–Trinajstić information content (AvgIpc) is 3.04. The Balaban J connectivity index is 2.04. The fraction of sp³-hybridized carbons (Fsp3) is 0.167. The van der Waals surface area contributed by atoms with Crippen molar-refractivity contribution in [3.8, 4) is 17.3 Å². The van der Waals surface area contributed by atoms with Crippen molar-refractivity contribution in [3.05, 3.63) is 31.0 Å². The van der Waals surface area contributed by atoms with Crippen LogP contribution in [-0.4, -0.2) is 24.5 Å². The Morgan fingerprint density at radius 2 is 2.26 bits per heavy atom. The molecule has 0 aliphatic heterocycles. The molecule has 6 nitrogen and oxygen atoms in total. The van der Waals surface area contributed by atoms with E-state index in [9.17, 15) is 4.48 Å². The zero-order valence-electron chi connectivity index (χ0n) is 9.86. The third-order valence-electron chi connectivity index (χ3n) is 2.80. The lowest BCUT2D eigenvalue weighted by molar-refractivity contribution is 0.384. The van der Waals surface area contributed by atoms with E-state index in [1.165, 1.54) is 12.5 Å². The average molecular weight is 256 g/mol. The van der Waals surface area contributed by atoms with E-state index in [1.54, 1.807) is 23.1 Å². The second-order valence-electron chi connectivity index (χ2n) is 3.99. The third kappa shape index (κ3) is 1.93. The van der Waals surface area contributed by atoms with E-state index in [0.29, 0.717) is 28.8 Å². The number of aromatic nitrogens is 5. The van der Waals surface area contributed by atoms with Gasteiger partial charge in [0.1, 0.15) is 6.33 Å². The van der Waals surface area contributed by atoms with Crippen LogP contribution in [0.1, 0.15) is 6.42 Å². The Morgan fingerprint density at radius 3 is 3.11 bits per heavy atom. The third-order valence-corrected chi connectivity index (χ3v) is 2.80. The van der Waals surface area contributed by atoms with E-state index in [4.69, 9.17) is 5.26 Å². The predicted molar refractivity (Wildman–Crippen MR) is 65.5 cm³/mol. The molecule has 0 bridgehead atoms. The van der Waals surface area contributed by atoms with Crippen LogP contribution in [-0.2, 0) is 6.54 Å². The first-order valence-corrected chi connectivity index (χ1v) is 5.67. The van der Waals surface area contributed by atoms with Gasteiger partial charge < -0.3 is 0 Å². The van der Waals surface area contributed by atoms with E-state index in [-0.39, 0.29) is 5.65 Å². The molecule has 0 aliphatic rings. The maximum Gasteiger partial charge on any atom is 0.173 e. The van der Waals surface area contributed by atoms with Crippen molar-refractivity contribution in [2.24, 2.45) is 0 Å². The first-order valence-electron chi connectivity index (χ1n) is 5.67. The summed E-state index contributed by atoms with van der Waals surface area (Å²) >= 11 is 0. The van der Waals surface area contributed by atoms with Crippen molar-refractivity contribution in [1.29, 1.82) is 5.26 Å². The largest absolute Gasteiger partial charge is 0.271 e. The van der Waals surface area contributed by atoms with E-state index in [0.717, 1.165) is 5.56 Å². The summed E-state index contributed by atoms with van der Waals surface area (Å²) in [5.74, 6) is 0. The van der Waals surface area contributed by atoms with Gasteiger partial charge in [0.05, 0.1) is 30.9 Å². The Bertz CT molecular complexity index is 766. The molecule has 3 heterocycles. The van der Waals surface area contributed by atoms with Gasteiger partial charge in [-0.05, 0) is 6.07 Å². The van der Waals surface area contributed by atoms with Gasteiger partial charge in [0.15, 0.2) is 5.65 Å². The standard InChI is InChI=1S/C12H9FN6/c13-19-5-2-10-11(15-8-16-12(10)19)9-6-17-18(7-9)4-1-3-14/h2,5-8H,1,4H2. The van der Waals surface area contributed by atoms with E-state index < -0.39 is 0 Å². The number of rotatable bonds is 3. The van der Waals surface area contributed by atoms with Crippen LogP contribution in [0.4, 0.5) is 4.48 Å². The van der Waals surface area contributed by atoms with Gasteiger partial charge in [0.25, 0.3) is 0 Å². The van der Waals surface area contributed by atoms with E-state index in [1.807, 2.05) is 0 Å². The number of halogens is 1.